The van der Waals surface area contributed by atoms with Gasteiger partial charge in [0, 0.05) is 18.8 Å². The highest BCUT2D eigenvalue weighted by molar-refractivity contribution is 6.17. The molecule has 5 nitrogen and oxygen atoms in total. The molecule has 0 aliphatic carbocycles. The summed E-state index contributed by atoms with van der Waals surface area (Å²) in [4.78, 5) is 13.2. The van der Waals surface area contributed by atoms with Crippen LogP contribution in [0.2, 0.25) is 0 Å². The molecule has 2 atom stereocenters. The number of halogens is 1. The third-order valence-corrected chi connectivity index (χ3v) is 6.67. The first kappa shape index (κ1) is 23.0. The summed E-state index contributed by atoms with van der Waals surface area (Å²) in [5, 5.41) is 8.53. The maximum atomic E-state index is 13.2. The van der Waals surface area contributed by atoms with Crippen molar-refractivity contribution in [2.24, 2.45) is 13.0 Å². The van der Waals surface area contributed by atoms with Crippen molar-refractivity contribution in [3.05, 3.63) is 94.0 Å². The molecule has 0 radical (unpaired) electrons. The molecule has 33 heavy (non-hydrogen) atoms. The number of rotatable bonds is 7. The topological polar surface area (TPSA) is 57.0 Å². The van der Waals surface area contributed by atoms with Gasteiger partial charge >= 0.3 is 5.97 Å². The summed E-state index contributed by atoms with van der Waals surface area (Å²) in [6.07, 6.45) is 0. The highest BCUT2D eigenvalue weighted by Gasteiger charge is 2.31. The number of hydrogen-bond acceptors (Lipinski definition) is 4. The number of esters is 1. The van der Waals surface area contributed by atoms with Crippen LogP contribution in [-0.4, -0.2) is 21.0 Å². The Hall–Kier alpha value is -3.18. The molecule has 170 valence electrons. The normalized spacial score (nSPS) is 13.1. The molecule has 4 rings (SSSR count). The highest BCUT2D eigenvalue weighted by atomic mass is 35.5. The number of fused-ring (bicyclic) bond motifs is 1. The van der Waals surface area contributed by atoms with Crippen LogP contribution >= 0.6 is 11.6 Å². The van der Waals surface area contributed by atoms with Crippen LogP contribution < -0.4 is 0 Å². The van der Waals surface area contributed by atoms with Crippen LogP contribution in [0, 0.1) is 19.8 Å². The summed E-state index contributed by atoms with van der Waals surface area (Å²) in [7, 11) is 1.88. The molecule has 1 aromatic heterocycles. The predicted molar refractivity (Wildman–Crippen MR) is 131 cm³/mol. The summed E-state index contributed by atoms with van der Waals surface area (Å²) in [5.41, 5.74) is 8.04. The molecule has 0 spiro atoms. The summed E-state index contributed by atoms with van der Waals surface area (Å²) in [6.45, 7) is 6.27. The van der Waals surface area contributed by atoms with Gasteiger partial charge in [-0.1, -0.05) is 66.7 Å². The van der Waals surface area contributed by atoms with Crippen molar-refractivity contribution in [3.8, 4) is 0 Å². The Labute approximate surface area is 199 Å². The van der Waals surface area contributed by atoms with Gasteiger partial charge in [-0.2, -0.15) is 0 Å². The summed E-state index contributed by atoms with van der Waals surface area (Å²) >= 11 is 6.21. The molecule has 1 heterocycles. The quantitative estimate of drug-likeness (QED) is 0.256. The second kappa shape index (κ2) is 9.75. The lowest BCUT2D eigenvalue weighted by Crippen LogP contribution is -2.23. The molecular formula is C27H28ClN3O2. The van der Waals surface area contributed by atoms with E-state index in [1.165, 1.54) is 0 Å². The highest BCUT2D eigenvalue weighted by Crippen LogP contribution is 2.37. The number of carbonyl (C=O) groups excluding carboxylic acids is 1. The van der Waals surface area contributed by atoms with Gasteiger partial charge in [0.15, 0.2) is 0 Å². The van der Waals surface area contributed by atoms with Crippen molar-refractivity contribution in [1.29, 1.82) is 0 Å². The lowest BCUT2D eigenvalue weighted by atomic mass is 9.79. The lowest BCUT2D eigenvalue weighted by molar-refractivity contribution is -0.149. The fourth-order valence-corrected chi connectivity index (χ4v) is 4.64. The number of carbonyl (C=O) groups is 1. The van der Waals surface area contributed by atoms with Crippen molar-refractivity contribution in [1.82, 2.24) is 15.0 Å². The molecular weight excluding hydrogens is 434 g/mol. The van der Waals surface area contributed by atoms with Crippen molar-refractivity contribution < 1.29 is 9.53 Å². The largest absolute Gasteiger partial charge is 0.461 e. The zero-order chi connectivity index (χ0) is 23.5. The molecule has 0 bridgehead atoms. The van der Waals surface area contributed by atoms with Crippen molar-refractivity contribution in [2.45, 2.75) is 39.2 Å². The van der Waals surface area contributed by atoms with E-state index in [1.807, 2.05) is 64.2 Å². The van der Waals surface area contributed by atoms with E-state index in [4.69, 9.17) is 16.3 Å². The molecule has 0 N–H and O–H groups in total. The average molecular weight is 462 g/mol. The van der Waals surface area contributed by atoms with Crippen molar-refractivity contribution in [3.63, 3.8) is 0 Å². The number of alkyl halides is 1. The molecule has 0 amide bonds. The fourth-order valence-electron chi connectivity index (χ4n) is 4.35. The van der Waals surface area contributed by atoms with Crippen LogP contribution in [0.3, 0.4) is 0 Å². The van der Waals surface area contributed by atoms with E-state index in [2.05, 4.69) is 34.6 Å². The lowest BCUT2D eigenvalue weighted by Gasteiger charge is -2.26. The van der Waals surface area contributed by atoms with Gasteiger partial charge in [0.1, 0.15) is 12.1 Å². The van der Waals surface area contributed by atoms with Crippen LogP contribution in [-0.2, 0) is 29.1 Å². The van der Waals surface area contributed by atoms with Gasteiger partial charge in [-0.25, -0.2) is 4.68 Å². The Morgan fingerprint density at radius 2 is 1.85 bits per heavy atom. The minimum Gasteiger partial charge on any atom is -0.461 e. The number of nitrogens with zero attached hydrogens (tertiary/aromatic N) is 3. The van der Waals surface area contributed by atoms with E-state index in [0.717, 1.165) is 44.4 Å². The van der Waals surface area contributed by atoms with E-state index in [9.17, 15) is 4.79 Å². The van der Waals surface area contributed by atoms with Gasteiger partial charge in [0.25, 0.3) is 0 Å². The maximum Gasteiger partial charge on any atom is 0.309 e. The van der Waals surface area contributed by atoms with E-state index < -0.39 is 5.92 Å². The van der Waals surface area contributed by atoms with Gasteiger partial charge in [0.05, 0.1) is 11.4 Å². The Morgan fingerprint density at radius 3 is 2.58 bits per heavy atom. The first-order chi connectivity index (χ1) is 15.9. The smallest absolute Gasteiger partial charge is 0.309 e. The third kappa shape index (κ3) is 4.64. The molecule has 0 saturated heterocycles. The standard InChI is InChI=1S/C27H28ClN3O2/c1-17-10-11-21(14-22(17)15-28)25(19(3)27(32)33-16-20-8-6-5-7-9-20)23-12-13-24-26(18(23)2)29-30-31(24)4/h5-14,19,25H,15-16H2,1-4H3/t19?,25-/m1/s1. The van der Waals surface area contributed by atoms with Gasteiger partial charge in [-0.05, 0) is 53.3 Å². The fraction of sp³-hybridized carbons (Fsp3) is 0.296. The number of aromatic nitrogens is 3. The van der Waals surface area contributed by atoms with Crippen LogP contribution in [0.25, 0.3) is 11.0 Å². The first-order valence-electron chi connectivity index (χ1n) is 11.1. The van der Waals surface area contributed by atoms with E-state index >= 15 is 0 Å². The summed E-state index contributed by atoms with van der Waals surface area (Å²) in [5.74, 6) is -0.438. The molecule has 1 unspecified atom stereocenters. The predicted octanol–water partition coefficient (Wildman–Crippen LogP) is 5.84. The first-order valence-corrected chi connectivity index (χ1v) is 11.6. The second-order valence-corrected chi connectivity index (χ2v) is 8.81. The van der Waals surface area contributed by atoms with Gasteiger partial charge in [0.2, 0.25) is 0 Å². The summed E-state index contributed by atoms with van der Waals surface area (Å²) < 4.78 is 7.49. The molecule has 0 fully saturated rings. The van der Waals surface area contributed by atoms with Crippen LogP contribution in [0.1, 0.15) is 46.2 Å². The average Bonchev–Trinajstić information content (AvgIpc) is 3.22. The monoisotopic (exact) mass is 461 g/mol. The van der Waals surface area contributed by atoms with Crippen molar-refractivity contribution in [2.75, 3.05) is 0 Å². The Kier molecular flexibility index (Phi) is 6.80. The van der Waals surface area contributed by atoms with Gasteiger partial charge < -0.3 is 4.74 Å². The zero-order valence-corrected chi connectivity index (χ0v) is 20.1. The summed E-state index contributed by atoms with van der Waals surface area (Å²) in [6, 6.07) is 20.1. The third-order valence-electron chi connectivity index (χ3n) is 6.39. The number of benzene rings is 3. The molecule has 4 aromatic rings. The Balaban J connectivity index is 1.74. The molecule has 6 heteroatoms. The molecule has 3 aromatic carbocycles. The SMILES string of the molecule is Cc1ccc([C@H](c2ccc3c(nnn3C)c2C)C(C)C(=O)OCc2ccccc2)cc1CCl. The van der Waals surface area contributed by atoms with E-state index in [0.29, 0.717) is 5.88 Å². The van der Waals surface area contributed by atoms with Crippen molar-refractivity contribution >= 4 is 28.6 Å². The Morgan fingerprint density at radius 1 is 1.09 bits per heavy atom. The van der Waals surface area contributed by atoms with E-state index in [-0.39, 0.29) is 18.5 Å². The molecule has 0 saturated carbocycles. The minimum absolute atomic E-state index is 0.206. The van der Waals surface area contributed by atoms with Gasteiger partial charge in [-0.15, -0.1) is 16.7 Å². The van der Waals surface area contributed by atoms with E-state index in [1.54, 1.807) is 4.68 Å². The minimum atomic E-state index is -0.410. The van der Waals surface area contributed by atoms with Gasteiger partial charge in [-0.3, -0.25) is 4.79 Å². The number of aryl methyl sites for hydroxylation is 3. The van der Waals surface area contributed by atoms with Crippen LogP contribution in [0.4, 0.5) is 0 Å². The molecule has 0 aliphatic heterocycles. The number of hydrogen-bond donors (Lipinski definition) is 0. The van der Waals surface area contributed by atoms with Crippen LogP contribution in [0.5, 0.6) is 0 Å². The van der Waals surface area contributed by atoms with Crippen LogP contribution in [0.15, 0.2) is 60.7 Å². The number of ether oxygens (including phenoxy) is 1. The second-order valence-electron chi connectivity index (χ2n) is 8.54. The zero-order valence-electron chi connectivity index (χ0n) is 19.4. The maximum absolute atomic E-state index is 13.2. The molecule has 0 aliphatic rings. The Bertz CT molecular complexity index is 1280.